The molecule has 0 bridgehead atoms. The number of carbonyl (C=O) groups excluding carboxylic acids is 1. The van der Waals surface area contributed by atoms with Gasteiger partial charge in [0.05, 0.1) is 0 Å². The number of hydrogen-bond donors (Lipinski definition) is 2. The van der Waals surface area contributed by atoms with Gasteiger partial charge in [-0.2, -0.15) is 0 Å². The van der Waals surface area contributed by atoms with Gasteiger partial charge in [0.1, 0.15) is 0 Å². The van der Waals surface area contributed by atoms with Crippen molar-refractivity contribution in [3.05, 3.63) is 0 Å². The highest BCUT2D eigenvalue weighted by Gasteiger charge is 2.35. The van der Waals surface area contributed by atoms with Crippen molar-refractivity contribution in [3.8, 4) is 0 Å². The predicted octanol–water partition coefficient (Wildman–Crippen LogP) is 2.75. The molecule has 0 aliphatic heterocycles. The van der Waals surface area contributed by atoms with E-state index < -0.39 is 0 Å². The molecule has 3 heteroatoms. The van der Waals surface area contributed by atoms with E-state index in [1.165, 1.54) is 32.1 Å². The first kappa shape index (κ1) is 13.9. The normalized spacial score (nSPS) is 25.9. The molecule has 0 radical (unpaired) electrons. The van der Waals surface area contributed by atoms with E-state index in [2.05, 4.69) is 17.6 Å². The molecule has 2 aliphatic rings. The Morgan fingerprint density at radius 1 is 1.00 bits per heavy atom. The fourth-order valence-electron chi connectivity index (χ4n) is 3.71. The van der Waals surface area contributed by atoms with Crippen molar-refractivity contribution in [1.82, 2.24) is 10.6 Å². The van der Waals surface area contributed by atoms with Crippen molar-refractivity contribution in [2.24, 2.45) is 0 Å². The third-order valence-electron chi connectivity index (χ3n) is 4.99. The Bertz CT molecular complexity index is 289. The maximum atomic E-state index is 12.3. The molecule has 0 aromatic rings. The van der Waals surface area contributed by atoms with Crippen LogP contribution in [0.5, 0.6) is 0 Å². The van der Waals surface area contributed by atoms with E-state index in [1.807, 2.05) is 7.05 Å². The molecule has 3 nitrogen and oxygen atoms in total. The molecule has 0 aromatic carbocycles. The van der Waals surface area contributed by atoms with Gasteiger partial charge < -0.3 is 10.6 Å². The van der Waals surface area contributed by atoms with E-state index in [9.17, 15) is 4.79 Å². The highest BCUT2D eigenvalue weighted by atomic mass is 16.1. The lowest BCUT2D eigenvalue weighted by molar-refractivity contribution is -0.124. The van der Waals surface area contributed by atoms with Crippen molar-refractivity contribution in [3.63, 3.8) is 0 Å². The zero-order chi connectivity index (χ0) is 13.1. The van der Waals surface area contributed by atoms with Crippen LogP contribution in [0.4, 0.5) is 0 Å². The van der Waals surface area contributed by atoms with Crippen LogP contribution in [-0.2, 0) is 4.79 Å². The maximum Gasteiger partial charge on any atom is 0.222 e. The maximum absolute atomic E-state index is 12.3. The number of amides is 1. The molecule has 0 atom stereocenters. The van der Waals surface area contributed by atoms with Gasteiger partial charge in [-0.25, -0.2) is 0 Å². The van der Waals surface area contributed by atoms with Crippen LogP contribution in [0.1, 0.15) is 71.1 Å². The first-order valence-corrected chi connectivity index (χ1v) is 7.58. The van der Waals surface area contributed by atoms with E-state index in [0.717, 1.165) is 25.7 Å². The molecule has 2 aliphatic carbocycles. The Kier molecular flexibility index (Phi) is 4.31. The van der Waals surface area contributed by atoms with Gasteiger partial charge in [0, 0.05) is 17.5 Å². The monoisotopic (exact) mass is 252 g/mol. The molecule has 2 fully saturated rings. The number of rotatable bonds is 4. The lowest BCUT2D eigenvalue weighted by Crippen LogP contribution is -2.51. The summed E-state index contributed by atoms with van der Waals surface area (Å²) < 4.78 is 0. The van der Waals surface area contributed by atoms with Crippen molar-refractivity contribution in [2.75, 3.05) is 7.05 Å². The zero-order valence-electron chi connectivity index (χ0n) is 12.0. The van der Waals surface area contributed by atoms with Crippen molar-refractivity contribution < 1.29 is 4.79 Å². The summed E-state index contributed by atoms with van der Waals surface area (Å²) in [7, 11) is 2.01. The third kappa shape index (κ3) is 3.25. The average molecular weight is 252 g/mol. The van der Waals surface area contributed by atoms with E-state index >= 15 is 0 Å². The number of hydrogen-bond acceptors (Lipinski definition) is 2. The summed E-state index contributed by atoms with van der Waals surface area (Å²) >= 11 is 0. The van der Waals surface area contributed by atoms with E-state index in [-0.39, 0.29) is 17.0 Å². The van der Waals surface area contributed by atoms with Crippen molar-refractivity contribution in [2.45, 2.75) is 82.2 Å². The summed E-state index contributed by atoms with van der Waals surface area (Å²) in [5.74, 6) is 0.246. The van der Waals surface area contributed by atoms with Crippen LogP contribution in [-0.4, -0.2) is 24.0 Å². The Morgan fingerprint density at radius 2 is 1.56 bits per heavy atom. The van der Waals surface area contributed by atoms with Crippen LogP contribution in [0.15, 0.2) is 0 Å². The summed E-state index contributed by atoms with van der Waals surface area (Å²) in [6.45, 7) is 2.20. The van der Waals surface area contributed by atoms with E-state index in [0.29, 0.717) is 6.42 Å². The van der Waals surface area contributed by atoms with E-state index in [1.54, 1.807) is 0 Å². The summed E-state index contributed by atoms with van der Waals surface area (Å²) in [5.41, 5.74) is 0.137. The first-order chi connectivity index (χ1) is 8.58. The van der Waals surface area contributed by atoms with Gasteiger partial charge in [-0.05, 0) is 39.7 Å². The molecule has 0 heterocycles. The fourth-order valence-corrected chi connectivity index (χ4v) is 3.71. The summed E-state index contributed by atoms with van der Waals surface area (Å²) in [4.78, 5) is 12.3. The Morgan fingerprint density at radius 3 is 2.11 bits per heavy atom. The predicted molar refractivity (Wildman–Crippen MR) is 74.5 cm³/mol. The largest absolute Gasteiger partial charge is 0.351 e. The van der Waals surface area contributed by atoms with Gasteiger partial charge in [-0.15, -0.1) is 0 Å². The lowest BCUT2D eigenvalue weighted by Gasteiger charge is -2.37. The average Bonchev–Trinajstić information content (AvgIpc) is 2.76. The van der Waals surface area contributed by atoms with Crippen molar-refractivity contribution in [1.29, 1.82) is 0 Å². The van der Waals surface area contributed by atoms with Crippen LogP contribution in [0.2, 0.25) is 0 Å². The molecule has 0 spiro atoms. The van der Waals surface area contributed by atoms with Crippen molar-refractivity contribution >= 4 is 5.91 Å². The summed E-state index contributed by atoms with van der Waals surface area (Å²) in [5, 5.41) is 6.71. The minimum atomic E-state index is 0.0668. The Balaban J connectivity index is 1.89. The molecule has 18 heavy (non-hydrogen) atoms. The van der Waals surface area contributed by atoms with Crippen LogP contribution in [0.3, 0.4) is 0 Å². The van der Waals surface area contributed by atoms with Crippen LogP contribution >= 0.6 is 0 Å². The second kappa shape index (κ2) is 5.60. The minimum absolute atomic E-state index is 0.0668. The molecule has 0 aromatic heterocycles. The second-order valence-electron chi connectivity index (χ2n) is 6.58. The molecule has 104 valence electrons. The Hall–Kier alpha value is -0.570. The molecule has 0 saturated heterocycles. The minimum Gasteiger partial charge on any atom is -0.351 e. The van der Waals surface area contributed by atoms with Gasteiger partial charge in [0.2, 0.25) is 5.91 Å². The van der Waals surface area contributed by atoms with Gasteiger partial charge in [-0.1, -0.05) is 32.1 Å². The number of nitrogens with one attached hydrogen (secondary N) is 2. The van der Waals surface area contributed by atoms with Gasteiger partial charge in [0.15, 0.2) is 0 Å². The SMILES string of the molecule is CNC1(CC(=O)NC2(C)CCCC2)CCCCC1. The smallest absolute Gasteiger partial charge is 0.222 e. The Labute approximate surface area is 111 Å². The molecule has 2 N–H and O–H groups in total. The molecular formula is C15H28N2O. The highest BCUT2D eigenvalue weighted by molar-refractivity contribution is 5.78. The molecule has 1 amide bonds. The third-order valence-corrected chi connectivity index (χ3v) is 4.99. The number of carbonyl (C=O) groups is 1. The lowest BCUT2D eigenvalue weighted by atomic mass is 9.79. The van der Waals surface area contributed by atoms with Crippen LogP contribution in [0.25, 0.3) is 0 Å². The second-order valence-corrected chi connectivity index (χ2v) is 6.58. The van der Waals surface area contributed by atoms with Crippen LogP contribution in [0, 0.1) is 0 Å². The summed E-state index contributed by atoms with van der Waals surface area (Å²) in [6, 6.07) is 0. The quantitative estimate of drug-likeness (QED) is 0.808. The summed E-state index contributed by atoms with van der Waals surface area (Å²) in [6.07, 6.45) is 11.6. The van der Waals surface area contributed by atoms with Crippen LogP contribution < -0.4 is 10.6 Å². The zero-order valence-corrected chi connectivity index (χ0v) is 12.0. The van der Waals surface area contributed by atoms with Gasteiger partial charge in [0.25, 0.3) is 0 Å². The van der Waals surface area contributed by atoms with Gasteiger partial charge >= 0.3 is 0 Å². The standard InChI is InChI=1S/C15H28N2O/c1-14(8-6-7-9-14)17-13(18)12-15(16-2)10-4-3-5-11-15/h16H,3-12H2,1-2H3,(H,17,18). The van der Waals surface area contributed by atoms with Gasteiger partial charge in [-0.3, -0.25) is 4.79 Å². The molecular weight excluding hydrogens is 224 g/mol. The van der Waals surface area contributed by atoms with E-state index in [4.69, 9.17) is 0 Å². The topological polar surface area (TPSA) is 41.1 Å². The first-order valence-electron chi connectivity index (χ1n) is 7.58. The molecule has 0 unspecified atom stereocenters. The molecule has 2 saturated carbocycles. The fraction of sp³-hybridized carbons (Fsp3) is 0.933. The highest BCUT2D eigenvalue weighted by Crippen LogP contribution is 2.32. The molecule has 2 rings (SSSR count).